The highest BCUT2D eigenvalue weighted by Crippen LogP contribution is 2.24. The first-order valence-electron chi connectivity index (χ1n) is 7.30. The van der Waals surface area contributed by atoms with E-state index in [1.807, 2.05) is 0 Å². The van der Waals surface area contributed by atoms with Crippen molar-refractivity contribution < 1.29 is 0 Å². The molecule has 0 aliphatic carbocycles. The third-order valence-corrected chi connectivity index (χ3v) is 4.35. The number of fused-ring (bicyclic) bond motifs is 1. The molecule has 1 aromatic heterocycles. The lowest BCUT2D eigenvalue weighted by Crippen LogP contribution is -2.36. The number of aryl methyl sites for hydroxylation is 1. The molecule has 3 nitrogen and oxygen atoms in total. The van der Waals surface area contributed by atoms with E-state index in [1.54, 1.807) is 0 Å². The standard InChI is InChI=1S/C16H23N3/c1-3-19(13-8-9-17-10-13)11-15-12(2)18-16-7-5-4-6-14(15)16/h4-7,13,17-18H,3,8-11H2,1-2H3. The Morgan fingerprint density at radius 3 is 2.89 bits per heavy atom. The zero-order chi connectivity index (χ0) is 13.2. The summed E-state index contributed by atoms with van der Waals surface area (Å²) in [5.74, 6) is 0. The first-order chi connectivity index (χ1) is 9.29. The molecule has 0 spiro atoms. The summed E-state index contributed by atoms with van der Waals surface area (Å²) in [5, 5.41) is 4.85. The molecule has 0 bridgehead atoms. The molecule has 1 atom stereocenters. The van der Waals surface area contributed by atoms with Gasteiger partial charge in [-0.2, -0.15) is 0 Å². The first-order valence-corrected chi connectivity index (χ1v) is 7.30. The van der Waals surface area contributed by atoms with Gasteiger partial charge in [-0.1, -0.05) is 25.1 Å². The van der Waals surface area contributed by atoms with Gasteiger partial charge in [-0.3, -0.25) is 4.90 Å². The summed E-state index contributed by atoms with van der Waals surface area (Å²) in [5.41, 5.74) is 4.03. The van der Waals surface area contributed by atoms with Gasteiger partial charge in [-0.15, -0.1) is 0 Å². The molecule has 1 saturated heterocycles. The maximum absolute atomic E-state index is 3.50. The molecule has 1 unspecified atom stereocenters. The Morgan fingerprint density at radius 2 is 2.16 bits per heavy atom. The molecular weight excluding hydrogens is 234 g/mol. The first kappa shape index (κ1) is 12.7. The van der Waals surface area contributed by atoms with Crippen molar-refractivity contribution in [3.05, 3.63) is 35.5 Å². The van der Waals surface area contributed by atoms with Gasteiger partial charge in [0.25, 0.3) is 0 Å². The van der Waals surface area contributed by atoms with Crippen LogP contribution in [0.2, 0.25) is 0 Å². The second-order valence-corrected chi connectivity index (χ2v) is 5.48. The van der Waals surface area contributed by atoms with Gasteiger partial charge in [-0.05, 0) is 38.1 Å². The average Bonchev–Trinajstić information content (AvgIpc) is 3.04. The fourth-order valence-electron chi connectivity index (χ4n) is 3.19. The molecule has 102 valence electrons. The molecule has 3 rings (SSSR count). The lowest BCUT2D eigenvalue weighted by Gasteiger charge is -2.27. The zero-order valence-electron chi connectivity index (χ0n) is 11.9. The Kier molecular flexibility index (Phi) is 3.58. The van der Waals surface area contributed by atoms with Crippen LogP contribution in [-0.4, -0.2) is 35.6 Å². The Morgan fingerprint density at radius 1 is 1.32 bits per heavy atom. The largest absolute Gasteiger partial charge is 0.358 e. The fourth-order valence-corrected chi connectivity index (χ4v) is 3.19. The van der Waals surface area contributed by atoms with Crippen molar-refractivity contribution in [2.45, 2.75) is 32.9 Å². The predicted molar refractivity (Wildman–Crippen MR) is 80.4 cm³/mol. The lowest BCUT2D eigenvalue weighted by molar-refractivity contribution is 0.211. The van der Waals surface area contributed by atoms with Crippen molar-refractivity contribution in [3.8, 4) is 0 Å². The third-order valence-electron chi connectivity index (χ3n) is 4.35. The van der Waals surface area contributed by atoms with Gasteiger partial charge in [0.05, 0.1) is 0 Å². The van der Waals surface area contributed by atoms with Crippen LogP contribution in [0.15, 0.2) is 24.3 Å². The third kappa shape index (κ3) is 2.40. The number of H-pyrrole nitrogens is 1. The van der Waals surface area contributed by atoms with Gasteiger partial charge in [-0.25, -0.2) is 0 Å². The molecule has 1 aromatic carbocycles. The number of aromatic nitrogens is 1. The number of aromatic amines is 1. The van der Waals surface area contributed by atoms with Gasteiger partial charge >= 0.3 is 0 Å². The molecule has 1 aliphatic rings. The summed E-state index contributed by atoms with van der Waals surface area (Å²) in [4.78, 5) is 6.10. The van der Waals surface area contributed by atoms with Crippen LogP contribution in [0.4, 0.5) is 0 Å². The zero-order valence-corrected chi connectivity index (χ0v) is 11.9. The Balaban J connectivity index is 1.89. The molecule has 0 amide bonds. The quantitative estimate of drug-likeness (QED) is 0.882. The normalized spacial score (nSPS) is 19.6. The molecule has 0 saturated carbocycles. The SMILES string of the molecule is CCN(Cc1c(C)[nH]c2ccccc12)C1CCNC1. The van der Waals surface area contributed by atoms with Gasteiger partial charge < -0.3 is 10.3 Å². The maximum atomic E-state index is 3.50. The monoisotopic (exact) mass is 257 g/mol. The van der Waals surface area contributed by atoms with Gasteiger partial charge in [0.1, 0.15) is 0 Å². The van der Waals surface area contributed by atoms with Crippen molar-refractivity contribution in [2.24, 2.45) is 0 Å². The molecular formula is C16H23N3. The number of para-hydroxylation sites is 1. The number of likely N-dealkylation sites (N-methyl/N-ethyl adjacent to an activating group) is 1. The van der Waals surface area contributed by atoms with Crippen LogP contribution in [0.5, 0.6) is 0 Å². The van der Waals surface area contributed by atoms with E-state index in [1.165, 1.54) is 28.6 Å². The van der Waals surface area contributed by atoms with Crippen LogP contribution in [0, 0.1) is 6.92 Å². The summed E-state index contributed by atoms with van der Waals surface area (Å²) in [7, 11) is 0. The molecule has 2 heterocycles. The van der Waals surface area contributed by atoms with Gasteiger partial charge in [0.2, 0.25) is 0 Å². The van der Waals surface area contributed by atoms with Crippen LogP contribution in [-0.2, 0) is 6.54 Å². The molecule has 0 radical (unpaired) electrons. The average molecular weight is 257 g/mol. The summed E-state index contributed by atoms with van der Waals surface area (Å²) in [6.07, 6.45) is 1.27. The minimum Gasteiger partial charge on any atom is -0.358 e. The van der Waals surface area contributed by atoms with Crippen LogP contribution in [0.25, 0.3) is 10.9 Å². The number of rotatable bonds is 4. The second-order valence-electron chi connectivity index (χ2n) is 5.48. The topological polar surface area (TPSA) is 31.1 Å². The molecule has 19 heavy (non-hydrogen) atoms. The summed E-state index contributed by atoms with van der Waals surface area (Å²) < 4.78 is 0. The van der Waals surface area contributed by atoms with Gasteiger partial charge in [0, 0.05) is 35.7 Å². The lowest BCUT2D eigenvalue weighted by atomic mass is 10.1. The van der Waals surface area contributed by atoms with Crippen LogP contribution < -0.4 is 5.32 Å². The fraction of sp³-hybridized carbons (Fsp3) is 0.500. The second kappa shape index (κ2) is 5.35. The predicted octanol–water partition coefficient (Wildman–Crippen LogP) is 2.66. The van der Waals surface area contributed by atoms with Crippen molar-refractivity contribution in [1.29, 1.82) is 0 Å². The van der Waals surface area contributed by atoms with E-state index < -0.39 is 0 Å². The summed E-state index contributed by atoms with van der Waals surface area (Å²) in [6, 6.07) is 9.32. The number of nitrogens with zero attached hydrogens (tertiary/aromatic N) is 1. The van der Waals surface area contributed by atoms with E-state index in [-0.39, 0.29) is 0 Å². The number of hydrogen-bond acceptors (Lipinski definition) is 2. The molecule has 2 aromatic rings. The van der Waals surface area contributed by atoms with E-state index >= 15 is 0 Å². The smallest absolute Gasteiger partial charge is 0.0459 e. The molecule has 1 fully saturated rings. The Hall–Kier alpha value is -1.32. The summed E-state index contributed by atoms with van der Waals surface area (Å²) in [6.45, 7) is 8.92. The molecule has 2 N–H and O–H groups in total. The minimum absolute atomic E-state index is 0.693. The van der Waals surface area contributed by atoms with Crippen molar-refractivity contribution in [2.75, 3.05) is 19.6 Å². The van der Waals surface area contributed by atoms with Crippen LogP contribution in [0.3, 0.4) is 0 Å². The van der Waals surface area contributed by atoms with E-state index in [2.05, 4.69) is 53.3 Å². The number of hydrogen-bond donors (Lipinski definition) is 2. The van der Waals surface area contributed by atoms with Crippen LogP contribution >= 0.6 is 0 Å². The van der Waals surface area contributed by atoms with E-state index in [4.69, 9.17) is 0 Å². The highest BCUT2D eigenvalue weighted by Gasteiger charge is 2.22. The van der Waals surface area contributed by atoms with Crippen LogP contribution in [0.1, 0.15) is 24.6 Å². The highest BCUT2D eigenvalue weighted by atomic mass is 15.2. The van der Waals surface area contributed by atoms with E-state index in [9.17, 15) is 0 Å². The minimum atomic E-state index is 0.693. The van der Waals surface area contributed by atoms with Crippen molar-refractivity contribution >= 4 is 10.9 Å². The molecule has 3 heteroatoms. The Bertz CT molecular complexity index is 552. The van der Waals surface area contributed by atoms with E-state index in [0.717, 1.165) is 26.2 Å². The summed E-state index contributed by atoms with van der Waals surface area (Å²) >= 11 is 0. The van der Waals surface area contributed by atoms with Gasteiger partial charge in [0.15, 0.2) is 0 Å². The number of benzene rings is 1. The van der Waals surface area contributed by atoms with Crippen molar-refractivity contribution in [1.82, 2.24) is 15.2 Å². The Labute approximate surface area is 115 Å². The van der Waals surface area contributed by atoms with E-state index in [0.29, 0.717) is 6.04 Å². The van der Waals surface area contributed by atoms with Crippen molar-refractivity contribution in [3.63, 3.8) is 0 Å². The number of nitrogens with one attached hydrogen (secondary N) is 2. The highest BCUT2D eigenvalue weighted by molar-refractivity contribution is 5.84. The molecule has 1 aliphatic heterocycles. The maximum Gasteiger partial charge on any atom is 0.0459 e.